The van der Waals surface area contributed by atoms with Crippen LogP contribution in [0.1, 0.15) is 29.6 Å². The van der Waals surface area contributed by atoms with Gasteiger partial charge in [-0.2, -0.15) is 0 Å². The molecule has 0 atom stereocenters. The monoisotopic (exact) mass is 532 g/mol. The molecule has 1 aliphatic rings. The third-order valence-electron chi connectivity index (χ3n) is 5.51. The Bertz CT molecular complexity index is 1500. The summed E-state index contributed by atoms with van der Waals surface area (Å²) >= 11 is 0. The summed E-state index contributed by atoms with van der Waals surface area (Å²) in [5.74, 6) is -1.86. The lowest BCUT2D eigenvalue weighted by atomic mass is 10.1. The van der Waals surface area contributed by atoms with Crippen molar-refractivity contribution in [1.29, 1.82) is 0 Å². The van der Waals surface area contributed by atoms with Gasteiger partial charge in [-0.15, -0.1) is 0 Å². The molecule has 3 aromatic rings. The predicted molar refractivity (Wildman–Crippen MR) is 127 cm³/mol. The molecule has 3 aromatic carbocycles. The standard InChI is InChI=1S/C24H21FN2O7S2/c25-19-12-8-17(9-13-19)18-10-14-20(15-11-18)35(30,31)26-34-23(28)7-3-4-16-27-24(29)21-5-1-2-6-22(21)36(27,32)33/h1-2,5-6,8-15,26H,3-4,7,16H2. The smallest absolute Gasteiger partial charge is 0.326 e. The number of carbonyl (C=O) groups is 2. The number of amides is 1. The Hall–Kier alpha value is -3.61. The van der Waals surface area contributed by atoms with Crippen molar-refractivity contribution in [2.24, 2.45) is 0 Å². The van der Waals surface area contributed by atoms with Crippen LogP contribution in [0.2, 0.25) is 0 Å². The fourth-order valence-electron chi connectivity index (χ4n) is 3.65. The minimum atomic E-state index is -4.14. The van der Waals surface area contributed by atoms with Gasteiger partial charge in [-0.25, -0.2) is 25.5 Å². The maximum Gasteiger partial charge on any atom is 0.326 e. The Morgan fingerprint density at radius 1 is 0.917 bits per heavy atom. The van der Waals surface area contributed by atoms with Crippen molar-refractivity contribution >= 4 is 31.9 Å². The lowest BCUT2D eigenvalue weighted by molar-refractivity contribution is -0.147. The molecule has 1 heterocycles. The number of fused-ring (bicyclic) bond motifs is 1. The summed E-state index contributed by atoms with van der Waals surface area (Å²) in [4.78, 5) is 30.6. The highest BCUT2D eigenvalue weighted by Gasteiger charge is 2.40. The third-order valence-corrected chi connectivity index (χ3v) is 8.55. The normalized spacial score (nSPS) is 14.5. The van der Waals surface area contributed by atoms with E-state index in [1.165, 1.54) is 54.6 Å². The van der Waals surface area contributed by atoms with Gasteiger partial charge in [0.15, 0.2) is 0 Å². The Kier molecular flexibility index (Phi) is 7.20. The third kappa shape index (κ3) is 5.30. The molecule has 188 valence electrons. The zero-order chi connectivity index (χ0) is 25.9. The molecule has 12 heteroatoms. The number of carbonyl (C=O) groups excluding carboxylic acids is 2. The van der Waals surface area contributed by atoms with E-state index in [0.717, 1.165) is 4.31 Å². The summed E-state index contributed by atoms with van der Waals surface area (Å²) in [7, 11) is -8.06. The molecule has 0 saturated heterocycles. The molecule has 0 fully saturated rings. The maximum atomic E-state index is 13.1. The van der Waals surface area contributed by atoms with Gasteiger partial charge in [-0.3, -0.25) is 9.59 Å². The molecular weight excluding hydrogens is 511 g/mol. The van der Waals surface area contributed by atoms with Crippen molar-refractivity contribution in [2.75, 3.05) is 6.54 Å². The molecule has 4 rings (SSSR count). The molecule has 0 spiro atoms. The van der Waals surface area contributed by atoms with Crippen LogP contribution in [0.5, 0.6) is 0 Å². The van der Waals surface area contributed by atoms with Crippen LogP contribution in [0.4, 0.5) is 4.39 Å². The van der Waals surface area contributed by atoms with Gasteiger partial charge in [-0.1, -0.05) is 36.4 Å². The second-order valence-corrected chi connectivity index (χ2v) is 11.4. The first-order valence-electron chi connectivity index (χ1n) is 10.8. The van der Waals surface area contributed by atoms with Gasteiger partial charge < -0.3 is 4.84 Å². The zero-order valence-electron chi connectivity index (χ0n) is 18.8. The molecule has 0 bridgehead atoms. The highest BCUT2D eigenvalue weighted by molar-refractivity contribution is 7.90. The molecule has 0 radical (unpaired) electrons. The summed E-state index contributed by atoms with van der Waals surface area (Å²) in [6.45, 7) is -0.116. The van der Waals surface area contributed by atoms with E-state index >= 15 is 0 Å². The number of hydrogen-bond acceptors (Lipinski definition) is 7. The first-order valence-corrected chi connectivity index (χ1v) is 13.8. The van der Waals surface area contributed by atoms with E-state index in [1.54, 1.807) is 23.1 Å². The highest BCUT2D eigenvalue weighted by atomic mass is 32.2. The predicted octanol–water partition coefficient (Wildman–Crippen LogP) is 3.24. The van der Waals surface area contributed by atoms with Gasteiger partial charge in [-0.05, 0) is 65.3 Å². The number of hydrogen-bond donors (Lipinski definition) is 1. The zero-order valence-corrected chi connectivity index (χ0v) is 20.4. The van der Waals surface area contributed by atoms with E-state index in [4.69, 9.17) is 0 Å². The number of benzene rings is 3. The molecule has 9 nitrogen and oxygen atoms in total. The molecular formula is C24H21FN2O7S2. The number of sulfonamides is 2. The second-order valence-electron chi connectivity index (χ2n) is 7.93. The Morgan fingerprint density at radius 3 is 2.17 bits per heavy atom. The Balaban J connectivity index is 1.25. The topological polar surface area (TPSA) is 127 Å². The average Bonchev–Trinajstić information content (AvgIpc) is 3.06. The fourth-order valence-corrected chi connectivity index (χ4v) is 6.05. The molecule has 1 amide bonds. The molecule has 36 heavy (non-hydrogen) atoms. The molecule has 0 unspecified atom stereocenters. The molecule has 1 N–H and O–H groups in total. The summed E-state index contributed by atoms with van der Waals surface area (Å²) in [6, 6.07) is 17.3. The van der Waals surface area contributed by atoms with Crippen LogP contribution in [-0.2, 0) is 29.7 Å². The van der Waals surface area contributed by atoms with Gasteiger partial charge in [0, 0.05) is 13.0 Å². The lowest BCUT2D eigenvalue weighted by Gasteiger charge is -2.14. The average molecular weight is 533 g/mol. The van der Waals surface area contributed by atoms with Crippen LogP contribution in [0.3, 0.4) is 0 Å². The van der Waals surface area contributed by atoms with Crippen LogP contribution in [-0.4, -0.2) is 39.6 Å². The van der Waals surface area contributed by atoms with Crippen molar-refractivity contribution in [3.63, 3.8) is 0 Å². The van der Waals surface area contributed by atoms with Gasteiger partial charge in [0.25, 0.3) is 26.0 Å². The quantitative estimate of drug-likeness (QED) is 0.331. The molecule has 0 aromatic heterocycles. The van der Waals surface area contributed by atoms with E-state index in [-0.39, 0.29) is 47.0 Å². The van der Waals surface area contributed by atoms with E-state index in [0.29, 0.717) is 11.1 Å². The largest absolute Gasteiger partial charge is 0.356 e. The van der Waals surface area contributed by atoms with Crippen LogP contribution in [0.15, 0.2) is 82.6 Å². The molecule has 0 aliphatic carbocycles. The van der Waals surface area contributed by atoms with Crippen LogP contribution in [0.25, 0.3) is 11.1 Å². The molecule has 1 aliphatic heterocycles. The fraction of sp³-hybridized carbons (Fsp3) is 0.167. The first kappa shape index (κ1) is 25.5. The minimum Gasteiger partial charge on any atom is -0.356 e. The SMILES string of the molecule is O=C(CCCCN1C(=O)c2ccccc2S1(=O)=O)ONS(=O)(=O)c1ccc(-c2ccc(F)cc2)cc1. The summed E-state index contributed by atoms with van der Waals surface area (Å²) in [5.41, 5.74) is 1.48. The number of nitrogens with one attached hydrogen (secondary N) is 1. The van der Waals surface area contributed by atoms with Crippen molar-refractivity contribution < 1.29 is 35.7 Å². The van der Waals surface area contributed by atoms with E-state index in [9.17, 15) is 30.8 Å². The van der Waals surface area contributed by atoms with Gasteiger partial charge in [0.2, 0.25) is 0 Å². The number of halogens is 1. The second kappa shape index (κ2) is 10.2. The van der Waals surface area contributed by atoms with Crippen LogP contribution < -0.4 is 4.89 Å². The maximum absolute atomic E-state index is 13.1. The Morgan fingerprint density at radius 2 is 1.53 bits per heavy atom. The number of nitrogens with zero attached hydrogens (tertiary/aromatic N) is 1. The summed E-state index contributed by atoms with van der Waals surface area (Å²) in [6.07, 6.45) is 0.162. The summed E-state index contributed by atoms with van der Waals surface area (Å²) in [5, 5.41) is 0. The van der Waals surface area contributed by atoms with Crippen LogP contribution >= 0.6 is 0 Å². The number of unbranched alkanes of at least 4 members (excludes halogenated alkanes) is 1. The van der Waals surface area contributed by atoms with Gasteiger partial charge in [0.05, 0.1) is 10.5 Å². The van der Waals surface area contributed by atoms with Gasteiger partial charge >= 0.3 is 5.97 Å². The van der Waals surface area contributed by atoms with Gasteiger partial charge in [0.1, 0.15) is 10.7 Å². The number of rotatable bonds is 9. The lowest BCUT2D eigenvalue weighted by Crippen LogP contribution is -2.31. The Labute approximate surface area is 207 Å². The minimum absolute atomic E-state index is 0.0467. The first-order chi connectivity index (χ1) is 17.1. The van der Waals surface area contributed by atoms with E-state index in [2.05, 4.69) is 4.84 Å². The van der Waals surface area contributed by atoms with Crippen molar-refractivity contribution in [1.82, 2.24) is 9.19 Å². The highest BCUT2D eigenvalue weighted by Crippen LogP contribution is 2.30. The van der Waals surface area contributed by atoms with Crippen molar-refractivity contribution in [3.05, 3.63) is 84.2 Å². The van der Waals surface area contributed by atoms with E-state index < -0.39 is 31.9 Å². The van der Waals surface area contributed by atoms with Crippen LogP contribution in [0, 0.1) is 5.82 Å². The van der Waals surface area contributed by atoms with E-state index in [1.807, 2.05) is 0 Å². The van der Waals surface area contributed by atoms with Crippen molar-refractivity contribution in [2.45, 2.75) is 29.1 Å². The van der Waals surface area contributed by atoms with Crippen molar-refractivity contribution in [3.8, 4) is 11.1 Å². The summed E-state index contributed by atoms with van der Waals surface area (Å²) < 4.78 is 63.6. The molecule has 0 saturated carbocycles.